The topological polar surface area (TPSA) is 23.6 Å². The summed E-state index contributed by atoms with van der Waals surface area (Å²) < 4.78 is 15.0. The number of hydrogen-bond donors (Lipinski definition) is 0. The van der Waals surface area contributed by atoms with E-state index in [0.717, 1.165) is 74.3 Å². The largest absolute Gasteiger partial charge is 0.338 e. The number of carbonyl (C=O) groups is 1. The second kappa shape index (κ2) is 9.37. The number of rotatable bonds is 5. The number of amides is 1. The van der Waals surface area contributed by atoms with E-state index in [2.05, 4.69) is 18.7 Å². The first-order valence-electron chi connectivity index (χ1n) is 11.1. The standard InChI is InChI=1S/C24H30ClFN2OS/c1-3-16(2)27-12-8-17(9-13-27)19-7-6-18(14-21(19)26)22-15-20(25)23(30-22)24(29)28-10-4-5-11-28/h6-7,14-17H,3-5,8-13H2,1-2H3. The normalized spacial score (nSPS) is 19.4. The van der Waals surface area contributed by atoms with Gasteiger partial charge in [0, 0.05) is 24.0 Å². The fourth-order valence-corrected chi connectivity index (χ4v) is 6.03. The van der Waals surface area contributed by atoms with Crippen molar-refractivity contribution in [2.75, 3.05) is 26.2 Å². The van der Waals surface area contributed by atoms with Crippen molar-refractivity contribution in [3.63, 3.8) is 0 Å². The van der Waals surface area contributed by atoms with Gasteiger partial charge >= 0.3 is 0 Å². The molecular weight excluding hydrogens is 419 g/mol. The Balaban J connectivity index is 1.49. The van der Waals surface area contributed by atoms with Crippen LogP contribution in [0, 0.1) is 5.82 Å². The summed E-state index contributed by atoms with van der Waals surface area (Å²) in [6, 6.07) is 7.92. The summed E-state index contributed by atoms with van der Waals surface area (Å²) in [6.45, 7) is 8.14. The molecule has 2 aliphatic heterocycles. The van der Waals surface area contributed by atoms with Crippen molar-refractivity contribution in [1.82, 2.24) is 9.80 Å². The molecule has 3 nitrogen and oxygen atoms in total. The van der Waals surface area contributed by atoms with Gasteiger partial charge in [0.05, 0.1) is 5.02 Å². The minimum atomic E-state index is -0.147. The lowest BCUT2D eigenvalue weighted by Crippen LogP contribution is -2.39. The number of piperidine rings is 1. The zero-order valence-electron chi connectivity index (χ0n) is 17.8. The average Bonchev–Trinajstić information content (AvgIpc) is 3.43. The molecule has 1 atom stereocenters. The lowest BCUT2D eigenvalue weighted by molar-refractivity contribution is 0.0797. The van der Waals surface area contributed by atoms with Crippen molar-refractivity contribution in [3.05, 3.63) is 45.5 Å². The van der Waals surface area contributed by atoms with Gasteiger partial charge in [0.15, 0.2) is 0 Å². The van der Waals surface area contributed by atoms with Gasteiger partial charge < -0.3 is 9.80 Å². The van der Waals surface area contributed by atoms with Gasteiger partial charge in [-0.25, -0.2) is 4.39 Å². The van der Waals surface area contributed by atoms with Gasteiger partial charge in [-0.1, -0.05) is 30.7 Å². The maximum atomic E-state index is 15.0. The smallest absolute Gasteiger partial charge is 0.265 e. The van der Waals surface area contributed by atoms with Crippen LogP contribution < -0.4 is 0 Å². The molecule has 1 aromatic carbocycles. The van der Waals surface area contributed by atoms with Crippen LogP contribution in [0.3, 0.4) is 0 Å². The van der Waals surface area contributed by atoms with Gasteiger partial charge in [-0.2, -0.15) is 0 Å². The van der Waals surface area contributed by atoms with E-state index in [0.29, 0.717) is 15.9 Å². The Morgan fingerprint density at radius 3 is 2.53 bits per heavy atom. The summed E-state index contributed by atoms with van der Waals surface area (Å²) in [7, 11) is 0. The summed E-state index contributed by atoms with van der Waals surface area (Å²) in [5.74, 6) is 0.129. The Hall–Kier alpha value is -1.43. The number of hydrogen-bond acceptors (Lipinski definition) is 3. The second-order valence-corrected chi connectivity index (χ2v) is 10.1. The molecule has 0 spiro atoms. The van der Waals surface area contributed by atoms with Gasteiger partial charge in [-0.3, -0.25) is 4.79 Å². The molecule has 2 fully saturated rings. The Morgan fingerprint density at radius 1 is 1.20 bits per heavy atom. The molecule has 0 radical (unpaired) electrons. The zero-order valence-corrected chi connectivity index (χ0v) is 19.4. The van der Waals surface area contributed by atoms with E-state index in [1.807, 2.05) is 17.0 Å². The molecule has 0 bridgehead atoms. The van der Waals surface area contributed by atoms with Crippen LogP contribution in [0.25, 0.3) is 10.4 Å². The Kier molecular flexibility index (Phi) is 6.81. The van der Waals surface area contributed by atoms with E-state index in [9.17, 15) is 4.79 Å². The predicted molar refractivity (Wildman–Crippen MR) is 123 cm³/mol. The molecule has 0 aliphatic carbocycles. The molecule has 2 saturated heterocycles. The Labute approximate surface area is 187 Å². The van der Waals surface area contributed by atoms with Crippen LogP contribution in [0.4, 0.5) is 4.39 Å². The average molecular weight is 449 g/mol. The SMILES string of the molecule is CCC(C)N1CCC(c2ccc(-c3cc(Cl)c(C(=O)N4CCCC4)s3)cc2F)CC1. The highest BCUT2D eigenvalue weighted by Gasteiger charge is 2.26. The first kappa shape index (κ1) is 21.8. The fourth-order valence-electron chi connectivity index (χ4n) is 4.64. The molecule has 0 N–H and O–H groups in total. The maximum absolute atomic E-state index is 15.0. The highest BCUT2D eigenvalue weighted by Crippen LogP contribution is 2.38. The second-order valence-electron chi connectivity index (χ2n) is 8.59. The molecule has 1 unspecified atom stereocenters. The molecule has 2 aromatic rings. The minimum Gasteiger partial charge on any atom is -0.338 e. The highest BCUT2D eigenvalue weighted by molar-refractivity contribution is 7.18. The van der Waals surface area contributed by atoms with Crippen LogP contribution in [-0.2, 0) is 0 Å². The third kappa shape index (κ3) is 4.44. The summed E-state index contributed by atoms with van der Waals surface area (Å²) >= 11 is 7.74. The van der Waals surface area contributed by atoms with E-state index in [1.165, 1.54) is 11.3 Å². The van der Waals surface area contributed by atoms with Crippen molar-refractivity contribution >= 4 is 28.8 Å². The number of nitrogens with zero attached hydrogens (tertiary/aromatic N) is 2. The van der Waals surface area contributed by atoms with E-state index in [1.54, 1.807) is 12.1 Å². The van der Waals surface area contributed by atoms with Crippen molar-refractivity contribution in [1.29, 1.82) is 0 Å². The Morgan fingerprint density at radius 2 is 1.90 bits per heavy atom. The first-order chi connectivity index (χ1) is 14.5. The molecule has 3 heterocycles. The predicted octanol–water partition coefficient (Wildman–Crippen LogP) is 6.42. The summed E-state index contributed by atoms with van der Waals surface area (Å²) in [4.78, 5) is 18.5. The van der Waals surface area contributed by atoms with Crippen molar-refractivity contribution in [2.45, 2.75) is 57.9 Å². The Bertz CT molecular complexity index is 901. The van der Waals surface area contributed by atoms with Crippen LogP contribution in [0.1, 0.15) is 67.1 Å². The van der Waals surface area contributed by atoms with Crippen molar-refractivity contribution in [3.8, 4) is 10.4 Å². The van der Waals surface area contributed by atoms with Crippen LogP contribution in [-0.4, -0.2) is 47.9 Å². The minimum absolute atomic E-state index is 0.00101. The first-order valence-corrected chi connectivity index (χ1v) is 12.3. The van der Waals surface area contributed by atoms with E-state index in [4.69, 9.17) is 11.6 Å². The lowest BCUT2D eigenvalue weighted by atomic mass is 9.88. The number of thiophene rings is 1. The van der Waals surface area contributed by atoms with E-state index >= 15 is 4.39 Å². The highest BCUT2D eigenvalue weighted by atomic mass is 35.5. The molecule has 162 valence electrons. The molecule has 1 amide bonds. The quantitative estimate of drug-likeness (QED) is 0.526. The van der Waals surface area contributed by atoms with Gasteiger partial charge in [-0.05, 0) is 81.3 Å². The maximum Gasteiger partial charge on any atom is 0.265 e. The van der Waals surface area contributed by atoms with Crippen LogP contribution >= 0.6 is 22.9 Å². The molecule has 4 rings (SSSR count). The van der Waals surface area contributed by atoms with Crippen LogP contribution in [0.2, 0.25) is 5.02 Å². The van der Waals surface area contributed by atoms with E-state index < -0.39 is 0 Å². The monoisotopic (exact) mass is 448 g/mol. The van der Waals surface area contributed by atoms with Crippen molar-refractivity contribution in [2.24, 2.45) is 0 Å². The van der Waals surface area contributed by atoms with Gasteiger partial charge in [-0.15, -0.1) is 11.3 Å². The third-order valence-corrected chi connectivity index (χ3v) is 8.33. The molecule has 30 heavy (non-hydrogen) atoms. The molecule has 1 aromatic heterocycles. The van der Waals surface area contributed by atoms with Crippen molar-refractivity contribution < 1.29 is 9.18 Å². The third-order valence-electron chi connectivity index (χ3n) is 6.74. The number of benzene rings is 1. The van der Waals surface area contributed by atoms with Gasteiger partial charge in [0.2, 0.25) is 0 Å². The number of carbonyl (C=O) groups excluding carboxylic acids is 1. The number of likely N-dealkylation sites (tertiary alicyclic amines) is 2. The molecule has 2 aliphatic rings. The summed E-state index contributed by atoms with van der Waals surface area (Å²) in [5, 5.41) is 0.466. The summed E-state index contributed by atoms with van der Waals surface area (Å²) in [6.07, 6.45) is 5.24. The zero-order chi connectivity index (χ0) is 21.3. The summed E-state index contributed by atoms with van der Waals surface area (Å²) in [5.41, 5.74) is 1.61. The van der Waals surface area contributed by atoms with Crippen LogP contribution in [0.5, 0.6) is 0 Å². The fraction of sp³-hybridized carbons (Fsp3) is 0.542. The van der Waals surface area contributed by atoms with E-state index in [-0.39, 0.29) is 17.6 Å². The van der Waals surface area contributed by atoms with Crippen LogP contribution in [0.15, 0.2) is 24.3 Å². The molecular formula is C24H30ClFN2OS. The molecule has 6 heteroatoms. The number of halogens is 2. The van der Waals surface area contributed by atoms with Gasteiger partial charge in [0.25, 0.3) is 5.91 Å². The lowest BCUT2D eigenvalue weighted by Gasteiger charge is -2.36. The molecule has 0 saturated carbocycles. The van der Waals surface area contributed by atoms with Gasteiger partial charge in [0.1, 0.15) is 10.7 Å².